The van der Waals surface area contributed by atoms with E-state index in [-0.39, 0.29) is 6.10 Å². The minimum Gasteiger partial charge on any atom is -0.436 e. The minimum atomic E-state index is -0.408. The predicted molar refractivity (Wildman–Crippen MR) is 38.5 cm³/mol. The van der Waals surface area contributed by atoms with Crippen molar-refractivity contribution in [1.29, 1.82) is 0 Å². The van der Waals surface area contributed by atoms with Gasteiger partial charge in [-0.3, -0.25) is 0 Å². The number of cyclic esters (lactones) is 1. The lowest BCUT2D eigenvalue weighted by molar-refractivity contribution is 0.124. The molecule has 0 aliphatic carbocycles. The van der Waals surface area contributed by atoms with Crippen LogP contribution in [0.3, 0.4) is 0 Å². The van der Waals surface area contributed by atoms with Crippen LogP contribution >= 0.6 is 0 Å². The predicted octanol–water partition coefficient (Wildman–Crippen LogP) is 0.764. The van der Waals surface area contributed by atoms with Crippen molar-refractivity contribution in [2.75, 3.05) is 6.54 Å². The molecule has 1 aromatic rings. The van der Waals surface area contributed by atoms with Crippen LogP contribution in [0.15, 0.2) is 10.6 Å². The van der Waals surface area contributed by atoms with Crippen LogP contribution in [0.4, 0.5) is 4.79 Å². The number of carbonyl (C=O) groups excluding carboxylic acids is 1. The van der Waals surface area contributed by atoms with Crippen molar-refractivity contribution in [2.24, 2.45) is 0 Å². The summed E-state index contributed by atoms with van der Waals surface area (Å²) in [6.45, 7) is 2.27. The Morgan fingerprint density at radius 1 is 1.75 bits per heavy atom. The Balaban J connectivity index is 2.15. The molecule has 1 amide bonds. The van der Waals surface area contributed by atoms with Crippen LogP contribution in [0.2, 0.25) is 0 Å². The Kier molecular flexibility index (Phi) is 1.49. The van der Waals surface area contributed by atoms with E-state index in [1.165, 1.54) is 0 Å². The van der Waals surface area contributed by atoms with Gasteiger partial charge in [0.1, 0.15) is 0 Å². The Bertz CT molecular complexity index is 307. The SMILES string of the molecule is Cc1cc(C2CNC(=O)O2)on1. The molecule has 5 heteroatoms. The third kappa shape index (κ3) is 1.13. The smallest absolute Gasteiger partial charge is 0.408 e. The van der Waals surface area contributed by atoms with Crippen molar-refractivity contribution in [2.45, 2.75) is 13.0 Å². The van der Waals surface area contributed by atoms with E-state index in [2.05, 4.69) is 10.5 Å². The highest BCUT2D eigenvalue weighted by Crippen LogP contribution is 2.20. The van der Waals surface area contributed by atoms with E-state index in [0.717, 1.165) is 5.69 Å². The number of hydrogen-bond donors (Lipinski definition) is 1. The van der Waals surface area contributed by atoms with Crippen molar-refractivity contribution in [3.05, 3.63) is 17.5 Å². The standard InChI is InChI=1S/C7H8N2O3/c1-4-2-5(12-9-4)6-3-8-7(10)11-6/h2,6H,3H2,1H3,(H,8,10). The van der Waals surface area contributed by atoms with Gasteiger partial charge in [0.15, 0.2) is 11.9 Å². The van der Waals surface area contributed by atoms with Crippen molar-refractivity contribution in [1.82, 2.24) is 10.5 Å². The van der Waals surface area contributed by atoms with E-state index in [4.69, 9.17) is 9.26 Å². The molecule has 1 fully saturated rings. The molecule has 1 unspecified atom stereocenters. The summed E-state index contributed by atoms with van der Waals surface area (Å²) in [4.78, 5) is 10.6. The number of ether oxygens (including phenoxy) is 1. The highest BCUT2D eigenvalue weighted by molar-refractivity contribution is 5.69. The van der Waals surface area contributed by atoms with Gasteiger partial charge in [0.2, 0.25) is 0 Å². The molecule has 0 radical (unpaired) electrons. The van der Waals surface area contributed by atoms with Gasteiger partial charge in [-0.1, -0.05) is 5.16 Å². The second-order valence-electron chi connectivity index (χ2n) is 2.65. The Hall–Kier alpha value is -1.52. The van der Waals surface area contributed by atoms with Gasteiger partial charge < -0.3 is 14.6 Å². The van der Waals surface area contributed by atoms with Crippen LogP contribution < -0.4 is 5.32 Å². The molecule has 1 N–H and O–H groups in total. The van der Waals surface area contributed by atoms with E-state index in [0.29, 0.717) is 12.3 Å². The van der Waals surface area contributed by atoms with Gasteiger partial charge in [-0.05, 0) is 6.92 Å². The van der Waals surface area contributed by atoms with E-state index in [1.807, 2.05) is 6.92 Å². The largest absolute Gasteiger partial charge is 0.436 e. The zero-order chi connectivity index (χ0) is 8.55. The summed E-state index contributed by atoms with van der Waals surface area (Å²) >= 11 is 0. The second-order valence-corrected chi connectivity index (χ2v) is 2.65. The number of nitrogens with zero attached hydrogens (tertiary/aromatic N) is 1. The van der Waals surface area contributed by atoms with E-state index < -0.39 is 6.09 Å². The van der Waals surface area contributed by atoms with Crippen molar-refractivity contribution < 1.29 is 14.1 Å². The van der Waals surface area contributed by atoms with Gasteiger partial charge in [0.25, 0.3) is 0 Å². The first-order chi connectivity index (χ1) is 5.75. The fourth-order valence-corrected chi connectivity index (χ4v) is 1.08. The van der Waals surface area contributed by atoms with Crippen LogP contribution in [-0.2, 0) is 4.74 Å². The normalized spacial score (nSPS) is 22.1. The molecule has 1 aliphatic rings. The second kappa shape index (κ2) is 2.51. The maximum atomic E-state index is 10.6. The van der Waals surface area contributed by atoms with Crippen molar-refractivity contribution >= 4 is 6.09 Å². The zero-order valence-corrected chi connectivity index (χ0v) is 6.53. The van der Waals surface area contributed by atoms with Crippen LogP contribution in [-0.4, -0.2) is 17.8 Å². The Morgan fingerprint density at radius 2 is 2.58 bits per heavy atom. The first-order valence-corrected chi connectivity index (χ1v) is 3.63. The Labute approximate surface area is 68.7 Å². The lowest BCUT2D eigenvalue weighted by Gasteiger charge is -1.99. The third-order valence-electron chi connectivity index (χ3n) is 1.64. The average molecular weight is 168 g/mol. The molecule has 1 saturated heterocycles. The topological polar surface area (TPSA) is 64.4 Å². The quantitative estimate of drug-likeness (QED) is 0.672. The van der Waals surface area contributed by atoms with Crippen LogP contribution in [0.1, 0.15) is 17.6 Å². The summed E-state index contributed by atoms with van der Waals surface area (Å²) in [6, 6.07) is 1.75. The first kappa shape index (κ1) is 7.15. The molecule has 1 aliphatic heterocycles. The van der Waals surface area contributed by atoms with Gasteiger partial charge in [0.05, 0.1) is 12.2 Å². The fourth-order valence-electron chi connectivity index (χ4n) is 1.08. The van der Waals surface area contributed by atoms with Crippen LogP contribution in [0, 0.1) is 6.92 Å². The number of rotatable bonds is 1. The van der Waals surface area contributed by atoms with Gasteiger partial charge in [-0.2, -0.15) is 0 Å². The fraction of sp³-hybridized carbons (Fsp3) is 0.429. The summed E-state index contributed by atoms with van der Waals surface area (Å²) in [5.74, 6) is 0.589. The number of amides is 1. The molecule has 2 heterocycles. The summed E-state index contributed by atoms with van der Waals surface area (Å²) in [7, 11) is 0. The van der Waals surface area contributed by atoms with Gasteiger partial charge in [0, 0.05) is 6.07 Å². The van der Waals surface area contributed by atoms with E-state index >= 15 is 0 Å². The van der Waals surface area contributed by atoms with E-state index in [1.54, 1.807) is 6.07 Å². The molecular weight excluding hydrogens is 160 g/mol. The van der Waals surface area contributed by atoms with Crippen LogP contribution in [0.25, 0.3) is 0 Å². The molecule has 0 saturated carbocycles. The monoisotopic (exact) mass is 168 g/mol. The summed E-state index contributed by atoms with van der Waals surface area (Å²) in [5, 5.41) is 6.22. The molecule has 0 aromatic carbocycles. The summed E-state index contributed by atoms with van der Waals surface area (Å²) < 4.78 is 9.81. The molecule has 2 rings (SSSR count). The maximum Gasteiger partial charge on any atom is 0.408 e. The molecule has 12 heavy (non-hydrogen) atoms. The number of aryl methyl sites for hydroxylation is 1. The Morgan fingerprint density at radius 3 is 3.08 bits per heavy atom. The van der Waals surface area contributed by atoms with Gasteiger partial charge in [-0.25, -0.2) is 4.79 Å². The molecule has 1 aromatic heterocycles. The summed E-state index contributed by atoms with van der Waals surface area (Å²) in [5.41, 5.74) is 0.785. The third-order valence-corrected chi connectivity index (χ3v) is 1.64. The average Bonchev–Trinajstić information content (AvgIpc) is 2.58. The lowest BCUT2D eigenvalue weighted by Crippen LogP contribution is -2.12. The highest BCUT2D eigenvalue weighted by atomic mass is 16.6. The lowest BCUT2D eigenvalue weighted by atomic mass is 10.2. The number of carbonyl (C=O) groups is 1. The van der Waals surface area contributed by atoms with Crippen molar-refractivity contribution in [3.63, 3.8) is 0 Å². The molecule has 64 valence electrons. The van der Waals surface area contributed by atoms with Gasteiger partial charge >= 0.3 is 6.09 Å². The first-order valence-electron chi connectivity index (χ1n) is 3.63. The molecule has 0 bridgehead atoms. The maximum absolute atomic E-state index is 10.6. The van der Waals surface area contributed by atoms with Gasteiger partial charge in [-0.15, -0.1) is 0 Å². The molecule has 0 spiro atoms. The molecule has 5 nitrogen and oxygen atoms in total. The van der Waals surface area contributed by atoms with Crippen LogP contribution in [0.5, 0.6) is 0 Å². The van der Waals surface area contributed by atoms with Crippen molar-refractivity contribution in [3.8, 4) is 0 Å². The minimum absolute atomic E-state index is 0.321. The number of alkyl carbamates (subject to hydrolysis) is 1. The highest BCUT2D eigenvalue weighted by Gasteiger charge is 2.27. The number of aromatic nitrogens is 1. The molecule has 1 atom stereocenters. The van der Waals surface area contributed by atoms with E-state index in [9.17, 15) is 4.79 Å². The number of nitrogens with one attached hydrogen (secondary N) is 1. The summed E-state index contributed by atoms with van der Waals surface area (Å²) in [6.07, 6.45) is -0.729. The molecular formula is C7H8N2O3. The zero-order valence-electron chi connectivity index (χ0n) is 6.53. The number of hydrogen-bond acceptors (Lipinski definition) is 4.